The number of hydrogen-bond acceptors (Lipinski definition) is 5. The highest BCUT2D eigenvalue weighted by Crippen LogP contribution is 2.35. The molecule has 0 spiro atoms. The van der Waals surface area contributed by atoms with E-state index in [1.165, 1.54) is 19.3 Å². The summed E-state index contributed by atoms with van der Waals surface area (Å²) < 4.78 is 0. The molecule has 114 valence electrons. The van der Waals surface area contributed by atoms with Crippen LogP contribution in [0, 0.1) is 5.92 Å². The fourth-order valence-electron chi connectivity index (χ4n) is 2.54. The standard InChI is InChI=1S/C15H24N6/c1-3-7-16-15-19-13(12-9-17-21-14(12)20-15)18-11(4-2)8-10-5-6-10/h9-11H,3-8H2,1-2H3,(H3,16,17,18,19,20,21). The van der Waals surface area contributed by atoms with Gasteiger partial charge in [-0.2, -0.15) is 15.1 Å². The number of H-pyrrole nitrogens is 1. The second-order valence-electron chi connectivity index (χ2n) is 5.88. The first-order valence-electron chi connectivity index (χ1n) is 8.01. The molecule has 3 N–H and O–H groups in total. The Morgan fingerprint density at radius 1 is 1.33 bits per heavy atom. The molecule has 0 saturated heterocycles. The molecule has 6 heteroatoms. The minimum atomic E-state index is 0.476. The van der Waals surface area contributed by atoms with Crippen LogP contribution in [0.15, 0.2) is 6.20 Å². The highest BCUT2D eigenvalue weighted by atomic mass is 15.2. The third kappa shape index (κ3) is 3.43. The lowest BCUT2D eigenvalue weighted by molar-refractivity contribution is 0.585. The molecule has 2 heterocycles. The minimum absolute atomic E-state index is 0.476. The van der Waals surface area contributed by atoms with Crippen molar-refractivity contribution in [1.29, 1.82) is 0 Å². The normalized spacial score (nSPS) is 16.1. The third-order valence-electron chi connectivity index (χ3n) is 3.99. The number of rotatable bonds is 8. The van der Waals surface area contributed by atoms with E-state index in [0.717, 1.165) is 42.2 Å². The van der Waals surface area contributed by atoms with Crippen LogP contribution in [-0.2, 0) is 0 Å². The van der Waals surface area contributed by atoms with Gasteiger partial charge in [-0.05, 0) is 25.2 Å². The highest BCUT2D eigenvalue weighted by molar-refractivity contribution is 5.87. The number of nitrogens with one attached hydrogen (secondary N) is 3. The molecule has 0 aliphatic heterocycles. The number of nitrogens with zero attached hydrogens (tertiary/aromatic N) is 3. The molecule has 1 aliphatic rings. The zero-order chi connectivity index (χ0) is 14.7. The molecule has 1 aliphatic carbocycles. The SMILES string of the molecule is CCCNc1nc(NC(CC)CC2CC2)c2cn[nH]c2n1. The molecular formula is C15H24N6. The zero-order valence-corrected chi connectivity index (χ0v) is 12.8. The summed E-state index contributed by atoms with van der Waals surface area (Å²) >= 11 is 0. The Bertz CT molecular complexity index is 589. The molecule has 1 unspecified atom stereocenters. The average molecular weight is 288 g/mol. The maximum absolute atomic E-state index is 4.63. The summed E-state index contributed by atoms with van der Waals surface area (Å²) in [5.74, 6) is 2.46. The Labute approximate surface area is 125 Å². The Kier molecular flexibility index (Phi) is 4.22. The Morgan fingerprint density at radius 2 is 2.19 bits per heavy atom. The van der Waals surface area contributed by atoms with Crippen LogP contribution >= 0.6 is 0 Å². The van der Waals surface area contributed by atoms with Crippen molar-refractivity contribution in [1.82, 2.24) is 20.2 Å². The van der Waals surface area contributed by atoms with Gasteiger partial charge in [0.2, 0.25) is 5.95 Å². The Hall–Kier alpha value is -1.85. The van der Waals surface area contributed by atoms with E-state index in [1.807, 2.05) is 0 Å². The van der Waals surface area contributed by atoms with Gasteiger partial charge in [0.25, 0.3) is 0 Å². The highest BCUT2D eigenvalue weighted by Gasteiger charge is 2.25. The molecular weight excluding hydrogens is 264 g/mol. The van der Waals surface area contributed by atoms with Crippen LogP contribution < -0.4 is 10.6 Å². The summed E-state index contributed by atoms with van der Waals surface area (Å²) in [6.07, 6.45) is 7.95. The quantitative estimate of drug-likeness (QED) is 0.695. The van der Waals surface area contributed by atoms with Crippen molar-refractivity contribution in [2.75, 3.05) is 17.2 Å². The zero-order valence-electron chi connectivity index (χ0n) is 12.8. The fourth-order valence-corrected chi connectivity index (χ4v) is 2.54. The van der Waals surface area contributed by atoms with E-state index >= 15 is 0 Å². The van der Waals surface area contributed by atoms with Crippen molar-refractivity contribution in [3.8, 4) is 0 Å². The van der Waals surface area contributed by atoms with E-state index in [4.69, 9.17) is 0 Å². The second-order valence-corrected chi connectivity index (χ2v) is 5.88. The Morgan fingerprint density at radius 3 is 2.90 bits per heavy atom. The van der Waals surface area contributed by atoms with Crippen molar-refractivity contribution >= 4 is 22.8 Å². The summed E-state index contributed by atoms with van der Waals surface area (Å²) in [7, 11) is 0. The van der Waals surface area contributed by atoms with Crippen LogP contribution in [0.4, 0.5) is 11.8 Å². The Balaban J connectivity index is 1.82. The van der Waals surface area contributed by atoms with Crippen molar-refractivity contribution < 1.29 is 0 Å². The van der Waals surface area contributed by atoms with Crippen molar-refractivity contribution in [3.63, 3.8) is 0 Å². The van der Waals surface area contributed by atoms with Crippen LogP contribution in [0.5, 0.6) is 0 Å². The van der Waals surface area contributed by atoms with Crippen LogP contribution in [0.25, 0.3) is 11.0 Å². The monoisotopic (exact) mass is 288 g/mol. The smallest absolute Gasteiger partial charge is 0.226 e. The molecule has 0 aromatic carbocycles. The lowest BCUT2D eigenvalue weighted by Gasteiger charge is -2.18. The average Bonchev–Trinajstić information content (AvgIpc) is 3.18. The number of anilines is 2. The van der Waals surface area contributed by atoms with Gasteiger partial charge in [-0.1, -0.05) is 26.7 Å². The minimum Gasteiger partial charge on any atom is -0.367 e. The second kappa shape index (κ2) is 6.28. The number of aromatic amines is 1. The van der Waals surface area contributed by atoms with Gasteiger partial charge in [0.05, 0.1) is 11.6 Å². The number of aromatic nitrogens is 4. The summed E-state index contributed by atoms with van der Waals surface area (Å²) in [5, 5.41) is 14.8. The van der Waals surface area contributed by atoms with E-state index in [1.54, 1.807) is 6.20 Å². The first kappa shape index (κ1) is 14.1. The van der Waals surface area contributed by atoms with Crippen LogP contribution in [-0.4, -0.2) is 32.8 Å². The van der Waals surface area contributed by atoms with E-state index < -0.39 is 0 Å². The molecule has 0 amide bonds. The maximum Gasteiger partial charge on any atom is 0.226 e. The molecule has 0 bridgehead atoms. The van der Waals surface area contributed by atoms with Crippen LogP contribution in [0.2, 0.25) is 0 Å². The predicted molar refractivity (Wildman–Crippen MR) is 85.5 cm³/mol. The van der Waals surface area contributed by atoms with Crippen molar-refractivity contribution in [3.05, 3.63) is 6.20 Å². The first-order chi connectivity index (χ1) is 10.3. The maximum atomic E-state index is 4.63. The molecule has 2 aromatic heterocycles. The molecule has 21 heavy (non-hydrogen) atoms. The van der Waals surface area contributed by atoms with Crippen molar-refractivity contribution in [2.24, 2.45) is 5.92 Å². The van der Waals surface area contributed by atoms with E-state index in [-0.39, 0.29) is 0 Å². The van der Waals surface area contributed by atoms with Gasteiger partial charge >= 0.3 is 0 Å². The van der Waals surface area contributed by atoms with E-state index in [2.05, 4.69) is 44.6 Å². The fraction of sp³-hybridized carbons (Fsp3) is 0.667. The number of hydrogen-bond donors (Lipinski definition) is 3. The molecule has 0 radical (unpaired) electrons. The molecule has 1 atom stereocenters. The van der Waals surface area contributed by atoms with Gasteiger partial charge in [-0.25, -0.2) is 0 Å². The van der Waals surface area contributed by atoms with E-state index in [9.17, 15) is 0 Å². The molecule has 1 saturated carbocycles. The van der Waals surface area contributed by atoms with Crippen LogP contribution in [0.3, 0.4) is 0 Å². The summed E-state index contributed by atoms with van der Waals surface area (Å²) in [6.45, 7) is 5.23. The summed E-state index contributed by atoms with van der Waals surface area (Å²) in [6, 6.07) is 0.476. The topological polar surface area (TPSA) is 78.5 Å². The largest absolute Gasteiger partial charge is 0.367 e. The lowest BCUT2D eigenvalue weighted by atomic mass is 10.1. The van der Waals surface area contributed by atoms with Gasteiger partial charge < -0.3 is 10.6 Å². The van der Waals surface area contributed by atoms with Gasteiger partial charge in [-0.15, -0.1) is 0 Å². The predicted octanol–water partition coefficient (Wildman–Crippen LogP) is 3.17. The van der Waals surface area contributed by atoms with E-state index in [0.29, 0.717) is 12.0 Å². The summed E-state index contributed by atoms with van der Waals surface area (Å²) in [5.41, 5.74) is 0.785. The van der Waals surface area contributed by atoms with Crippen LogP contribution in [0.1, 0.15) is 46.0 Å². The number of fused-ring (bicyclic) bond motifs is 1. The van der Waals surface area contributed by atoms with Gasteiger partial charge in [0, 0.05) is 12.6 Å². The molecule has 1 fully saturated rings. The first-order valence-corrected chi connectivity index (χ1v) is 8.01. The van der Waals surface area contributed by atoms with Gasteiger partial charge in [-0.3, -0.25) is 5.10 Å². The van der Waals surface area contributed by atoms with Gasteiger partial charge in [0.15, 0.2) is 5.65 Å². The van der Waals surface area contributed by atoms with Crippen molar-refractivity contribution in [2.45, 2.75) is 52.0 Å². The lowest BCUT2D eigenvalue weighted by Crippen LogP contribution is -2.20. The molecule has 6 nitrogen and oxygen atoms in total. The third-order valence-corrected chi connectivity index (χ3v) is 3.99. The summed E-state index contributed by atoms with van der Waals surface area (Å²) in [4.78, 5) is 9.09. The van der Waals surface area contributed by atoms with Gasteiger partial charge in [0.1, 0.15) is 5.82 Å². The molecule has 3 rings (SSSR count). The molecule has 2 aromatic rings.